The molecule has 1 saturated carbocycles. The number of nitro groups is 1. The van der Waals surface area contributed by atoms with Gasteiger partial charge in [-0.05, 0) is 35.6 Å². The van der Waals surface area contributed by atoms with Crippen LogP contribution in [0.25, 0.3) is 5.20 Å². The molecular weight excluding hydrogens is 282 g/mol. The Balaban J connectivity index is 2.60. The van der Waals surface area contributed by atoms with Gasteiger partial charge in [0.25, 0.3) is 5.69 Å². The van der Waals surface area contributed by atoms with Gasteiger partial charge < -0.3 is 5.11 Å². The van der Waals surface area contributed by atoms with E-state index in [0.717, 1.165) is 35.6 Å². The lowest BCUT2D eigenvalue weighted by atomic mass is 10.1. The highest BCUT2D eigenvalue weighted by atomic mass is 28.3. The van der Waals surface area contributed by atoms with Crippen molar-refractivity contribution in [2.24, 2.45) is 0 Å². The smallest absolute Gasteiger partial charge is 0.270 e. The lowest BCUT2D eigenvalue weighted by molar-refractivity contribution is -0.384. The van der Waals surface area contributed by atoms with Crippen LogP contribution in [0.5, 0.6) is 0 Å². The summed E-state index contributed by atoms with van der Waals surface area (Å²) >= 11 is 0. The number of non-ortho nitro benzene ring substituents is 1. The van der Waals surface area contributed by atoms with Gasteiger partial charge in [-0.25, -0.2) is 0 Å². The minimum atomic E-state index is -1.73. The summed E-state index contributed by atoms with van der Waals surface area (Å²) in [5, 5.41) is 22.0. The quantitative estimate of drug-likeness (QED) is 0.398. The number of benzene rings is 1. The van der Waals surface area contributed by atoms with Crippen LogP contribution >= 0.6 is 0 Å². The van der Waals surface area contributed by atoms with Crippen molar-refractivity contribution in [1.82, 2.24) is 0 Å². The molecule has 0 spiro atoms. The van der Waals surface area contributed by atoms with Gasteiger partial charge in [0.15, 0.2) is 0 Å². The fraction of sp³-hybridized carbons (Fsp3) is 0.438. The Labute approximate surface area is 126 Å². The molecule has 0 saturated heterocycles. The Morgan fingerprint density at radius 1 is 1.43 bits per heavy atom. The van der Waals surface area contributed by atoms with Crippen LogP contribution in [0.15, 0.2) is 35.6 Å². The summed E-state index contributed by atoms with van der Waals surface area (Å²) in [7, 11) is -1.73. The molecule has 0 heterocycles. The van der Waals surface area contributed by atoms with Gasteiger partial charge >= 0.3 is 0 Å². The average Bonchev–Trinajstić information content (AvgIpc) is 2.80. The van der Waals surface area contributed by atoms with Gasteiger partial charge in [0.05, 0.1) is 19.1 Å². The van der Waals surface area contributed by atoms with Crippen molar-refractivity contribution in [3.63, 3.8) is 0 Å². The van der Waals surface area contributed by atoms with Crippen molar-refractivity contribution < 1.29 is 10.0 Å². The highest BCUT2D eigenvalue weighted by Gasteiger charge is 2.25. The normalized spacial score (nSPS) is 18.5. The maximum absolute atomic E-state index is 11.0. The number of rotatable bonds is 3. The highest BCUT2D eigenvalue weighted by Crippen LogP contribution is 2.31. The standard InChI is InChI=1S/C16H21NO3Si/c1-21(2,3)16(11-12-6-5-9-15(12)18)13-7-4-8-14(10-13)17(19)20/h4,7-8,10,15,18H,5-6,9H2,1-3H3/t11?,15-/m1/s1. The van der Waals surface area contributed by atoms with Crippen molar-refractivity contribution >= 4 is 19.0 Å². The van der Waals surface area contributed by atoms with E-state index in [2.05, 4.69) is 25.4 Å². The second kappa shape index (κ2) is 5.98. The van der Waals surface area contributed by atoms with Gasteiger partial charge in [-0.2, -0.15) is 0 Å². The van der Waals surface area contributed by atoms with Crippen LogP contribution in [0.1, 0.15) is 24.8 Å². The Hall–Kier alpha value is -1.68. The number of nitrogens with zero attached hydrogens (tertiary/aromatic N) is 1. The fourth-order valence-corrected chi connectivity index (χ4v) is 4.16. The van der Waals surface area contributed by atoms with Gasteiger partial charge in [-0.15, -0.1) is 5.73 Å². The molecular formula is C16H21NO3Si. The molecule has 1 N–H and O–H groups in total. The summed E-state index contributed by atoms with van der Waals surface area (Å²) in [5.41, 5.74) is 5.31. The minimum Gasteiger partial charge on any atom is -0.388 e. The maximum atomic E-state index is 11.0. The van der Waals surface area contributed by atoms with Crippen LogP contribution in [0.4, 0.5) is 5.69 Å². The molecule has 1 aromatic rings. The summed E-state index contributed by atoms with van der Waals surface area (Å²) in [6, 6.07) is 6.73. The molecule has 1 fully saturated rings. The Morgan fingerprint density at radius 3 is 2.67 bits per heavy atom. The highest BCUT2D eigenvalue weighted by molar-refractivity contribution is 6.93. The zero-order valence-corrected chi connectivity index (χ0v) is 13.7. The Morgan fingerprint density at radius 2 is 2.14 bits per heavy atom. The van der Waals surface area contributed by atoms with Gasteiger partial charge in [0, 0.05) is 12.1 Å². The lowest BCUT2D eigenvalue weighted by Crippen LogP contribution is -2.22. The van der Waals surface area contributed by atoms with E-state index in [9.17, 15) is 15.2 Å². The average molecular weight is 303 g/mol. The Kier molecular flexibility index (Phi) is 4.47. The number of aliphatic hydroxyl groups excluding tert-OH is 1. The van der Waals surface area contributed by atoms with Crippen LogP contribution in [0, 0.1) is 10.1 Å². The molecule has 2 rings (SSSR count). The van der Waals surface area contributed by atoms with E-state index in [4.69, 9.17) is 0 Å². The summed E-state index contributed by atoms with van der Waals surface area (Å²) in [4.78, 5) is 10.6. The first-order chi connectivity index (χ1) is 9.79. The SMILES string of the molecule is C[Si](C)(C)C(=C=C1CCC[C@H]1O)c1cccc([N+](=O)[O-])c1. The largest absolute Gasteiger partial charge is 0.388 e. The second-order valence-electron chi connectivity index (χ2n) is 6.49. The summed E-state index contributed by atoms with van der Waals surface area (Å²) in [6.45, 7) is 6.57. The van der Waals surface area contributed by atoms with Crippen molar-refractivity contribution in [2.45, 2.75) is 45.0 Å². The van der Waals surface area contributed by atoms with Crippen LogP contribution in [0.3, 0.4) is 0 Å². The van der Waals surface area contributed by atoms with Gasteiger partial charge in [0.1, 0.15) is 0 Å². The van der Waals surface area contributed by atoms with Gasteiger partial charge in [-0.1, -0.05) is 31.8 Å². The summed E-state index contributed by atoms with van der Waals surface area (Å²) in [5.74, 6) is 0. The van der Waals surface area contributed by atoms with Crippen LogP contribution < -0.4 is 0 Å². The minimum absolute atomic E-state index is 0.0991. The molecule has 1 aromatic carbocycles. The summed E-state index contributed by atoms with van der Waals surface area (Å²) < 4.78 is 0. The van der Waals surface area contributed by atoms with Crippen LogP contribution in [0.2, 0.25) is 19.6 Å². The van der Waals surface area contributed by atoms with E-state index in [-0.39, 0.29) is 10.6 Å². The molecule has 5 heteroatoms. The third-order valence-electron chi connectivity index (χ3n) is 3.71. The first kappa shape index (κ1) is 15.7. The molecule has 112 valence electrons. The van der Waals surface area contributed by atoms with Gasteiger partial charge in [0.2, 0.25) is 0 Å². The number of nitro benzene ring substituents is 1. The second-order valence-corrected chi connectivity index (χ2v) is 11.5. The van der Waals surface area contributed by atoms with Crippen LogP contribution in [-0.2, 0) is 0 Å². The third-order valence-corrected chi connectivity index (χ3v) is 5.62. The topological polar surface area (TPSA) is 63.4 Å². The molecule has 1 aliphatic rings. The van der Waals surface area contributed by atoms with Crippen molar-refractivity contribution in [1.29, 1.82) is 0 Å². The maximum Gasteiger partial charge on any atom is 0.270 e. The molecule has 0 bridgehead atoms. The lowest BCUT2D eigenvalue weighted by Gasteiger charge is -2.19. The molecule has 0 aromatic heterocycles. The number of hydrogen-bond acceptors (Lipinski definition) is 3. The summed E-state index contributed by atoms with van der Waals surface area (Å²) in [6.07, 6.45) is 2.23. The zero-order chi connectivity index (χ0) is 15.6. The molecule has 1 atom stereocenters. The molecule has 0 aliphatic heterocycles. The van der Waals surface area contributed by atoms with E-state index in [1.54, 1.807) is 12.1 Å². The van der Waals surface area contributed by atoms with Crippen molar-refractivity contribution in [3.05, 3.63) is 51.2 Å². The molecule has 21 heavy (non-hydrogen) atoms. The molecule has 0 radical (unpaired) electrons. The Bertz CT molecular complexity index is 625. The number of aliphatic hydroxyl groups is 1. The monoisotopic (exact) mass is 303 g/mol. The van der Waals surface area contributed by atoms with Crippen LogP contribution in [-0.4, -0.2) is 24.2 Å². The third kappa shape index (κ3) is 3.70. The predicted octanol–water partition coefficient (Wildman–Crippen LogP) is 3.93. The van der Waals surface area contributed by atoms with Crippen molar-refractivity contribution in [2.75, 3.05) is 0 Å². The van der Waals surface area contributed by atoms with Gasteiger partial charge in [-0.3, -0.25) is 10.1 Å². The number of hydrogen-bond donors (Lipinski definition) is 1. The zero-order valence-electron chi connectivity index (χ0n) is 12.7. The molecule has 0 amide bonds. The molecule has 1 aliphatic carbocycles. The first-order valence-electron chi connectivity index (χ1n) is 7.22. The molecule has 0 unspecified atom stereocenters. The van der Waals surface area contributed by atoms with E-state index < -0.39 is 14.2 Å². The molecule has 4 nitrogen and oxygen atoms in total. The van der Waals surface area contributed by atoms with Crippen molar-refractivity contribution in [3.8, 4) is 0 Å². The van der Waals surface area contributed by atoms with E-state index in [1.165, 1.54) is 6.07 Å². The fourth-order valence-electron chi connectivity index (χ4n) is 2.60. The van der Waals surface area contributed by atoms with E-state index in [1.807, 2.05) is 6.07 Å². The first-order valence-corrected chi connectivity index (χ1v) is 10.7. The predicted molar refractivity (Wildman–Crippen MR) is 86.7 cm³/mol. The van der Waals surface area contributed by atoms with E-state index in [0.29, 0.717) is 0 Å². The van der Waals surface area contributed by atoms with E-state index >= 15 is 0 Å².